The third-order valence-electron chi connectivity index (χ3n) is 1.66. The molecule has 0 aliphatic carbocycles. The van der Waals surface area contributed by atoms with Gasteiger partial charge >= 0.3 is 0 Å². The highest BCUT2D eigenvalue weighted by molar-refractivity contribution is 14.1. The van der Waals surface area contributed by atoms with Crippen molar-refractivity contribution in [1.29, 1.82) is 5.26 Å². The molecule has 0 aliphatic rings. The lowest BCUT2D eigenvalue weighted by atomic mass is 10.1. The van der Waals surface area contributed by atoms with Crippen LogP contribution in [0.15, 0.2) is 12.1 Å². The Morgan fingerprint density at radius 2 is 2.31 bits per heavy atom. The Balaban J connectivity index is 3.28. The van der Waals surface area contributed by atoms with Gasteiger partial charge in [-0.1, -0.05) is 0 Å². The predicted molar refractivity (Wildman–Crippen MR) is 56.3 cm³/mol. The van der Waals surface area contributed by atoms with Crippen LogP contribution in [0.4, 0.5) is 0 Å². The van der Waals surface area contributed by atoms with Crippen LogP contribution in [0.25, 0.3) is 0 Å². The highest BCUT2D eigenvalue weighted by Crippen LogP contribution is 2.24. The van der Waals surface area contributed by atoms with Gasteiger partial charge in [-0.3, -0.25) is 0 Å². The number of nitriles is 1. The molecule has 0 radical (unpaired) electrons. The van der Waals surface area contributed by atoms with Crippen molar-refractivity contribution in [2.45, 2.75) is 6.61 Å². The van der Waals surface area contributed by atoms with Crippen molar-refractivity contribution in [2.75, 3.05) is 7.11 Å². The fourth-order valence-electron chi connectivity index (χ4n) is 0.999. The standard InChI is InChI=1S/C9H8INO2/c1-13-9-3-8(10)6(4-11)2-7(9)5-12/h2-3,12H,5H2,1H3. The summed E-state index contributed by atoms with van der Waals surface area (Å²) in [6, 6.07) is 5.43. The minimum absolute atomic E-state index is 0.116. The number of hydrogen-bond donors (Lipinski definition) is 1. The summed E-state index contributed by atoms with van der Waals surface area (Å²) < 4.78 is 5.87. The maximum Gasteiger partial charge on any atom is 0.125 e. The van der Waals surface area contributed by atoms with E-state index >= 15 is 0 Å². The van der Waals surface area contributed by atoms with Crippen LogP contribution in [0.2, 0.25) is 0 Å². The molecule has 0 unspecified atom stereocenters. The van der Waals surface area contributed by atoms with Crippen molar-refractivity contribution in [3.63, 3.8) is 0 Å². The Morgan fingerprint density at radius 3 is 2.77 bits per heavy atom. The summed E-state index contributed by atoms with van der Waals surface area (Å²) in [5.41, 5.74) is 1.20. The van der Waals surface area contributed by atoms with Crippen LogP contribution in [0.1, 0.15) is 11.1 Å². The summed E-state index contributed by atoms with van der Waals surface area (Å²) in [4.78, 5) is 0. The highest BCUT2D eigenvalue weighted by atomic mass is 127. The number of hydrogen-bond acceptors (Lipinski definition) is 3. The summed E-state index contributed by atoms with van der Waals surface area (Å²) in [6.45, 7) is -0.116. The van der Waals surface area contributed by atoms with Crippen molar-refractivity contribution in [3.05, 3.63) is 26.8 Å². The molecule has 1 N–H and O–H groups in total. The molecule has 1 rings (SSSR count). The zero-order valence-corrected chi connectivity index (χ0v) is 9.20. The average molecular weight is 289 g/mol. The average Bonchev–Trinajstić information content (AvgIpc) is 2.17. The van der Waals surface area contributed by atoms with E-state index in [0.717, 1.165) is 3.57 Å². The SMILES string of the molecule is COc1cc(I)c(C#N)cc1CO. The maximum absolute atomic E-state index is 8.97. The van der Waals surface area contributed by atoms with Gasteiger partial charge in [0.05, 0.1) is 19.3 Å². The van der Waals surface area contributed by atoms with E-state index in [1.807, 2.05) is 6.07 Å². The second-order valence-electron chi connectivity index (χ2n) is 2.41. The largest absolute Gasteiger partial charge is 0.496 e. The van der Waals surface area contributed by atoms with E-state index in [0.29, 0.717) is 16.9 Å². The van der Waals surface area contributed by atoms with Crippen LogP contribution in [-0.2, 0) is 6.61 Å². The van der Waals surface area contributed by atoms with Crippen molar-refractivity contribution in [2.24, 2.45) is 0 Å². The summed E-state index contributed by atoms with van der Waals surface area (Å²) in [5.74, 6) is 0.617. The Labute approximate surface area is 90.1 Å². The van der Waals surface area contributed by atoms with Gasteiger partial charge in [0, 0.05) is 9.13 Å². The van der Waals surface area contributed by atoms with Crippen molar-refractivity contribution in [3.8, 4) is 11.8 Å². The lowest BCUT2D eigenvalue weighted by Gasteiger charge is -2.07. The normalized spacial score (nSPS) is 9.38. The molecule has 0 amide bonds. The van der Waals surface area contributed by atoms with Gasteiger partial charge in [0.2, 0.25) is 0 Å². The third-order valence-corrected chi connectivity index (χ3v) is 2.55. The van der Waals surface area contributed by atoms with Gasteiger partial charge in [-0.15, -0.1) is 0 Å². The molecule has 0 saturated carbocycles. The minimum Gasteiger partial charge on any atom is -0.496 e. The molecule has 0 atom stereocenters. The molecule has 4 heteroatoms. The first-order valence-corrected chi connectivity index (χ1v) is 4.68. The van der Waals surface area contributed by atoms with Gasteiger partial charge < -0.3 is 9.84 Å². The Hall–Kier alpha value is -0.800. The molecule has 0 aromatic heterocycles. The highest BCUT2D eigenvalue weighted by Gasteiger charge is 2.07. The van der Waals surface area contributed by atoms with Crippen LogP contribution in [0.5, 0.6) is 5.75 Å². The zero-order valence-electron chi connectivity index (χ0n) is 7.04. The van der Waals surface area contributed by atoms with Crippen molar-refractivity contribution >= 4 is 22.6 Å². The molecule has 1 aromatic rings. The Bertz CT molecular complexity index is 357. The molecule has 0 bridgehead atoms. The van der Waals surface area contributed by atoms with Crippen molar-refractivity contribution in [1.82, 2.24) is 0 Å². The van der Waals surface area contributed by atoms with Gasteiger partial charge in [0.15, 0.2) is 0 Å². The summed E-state index contributed by atoms with van der Waals surface area (Å²) >= 11 is 2.06. The Kier molecular flexibility index (Phi) is 3.51. The first kappa shape index (κ1) is 10.3. The number of rotatable bonds is 2. The van der Waals surface area contributed by atoms with Gasteiger partial charge in [-0.2, -0.15) is 5.26 Å². The minimum atomic E-state index is -0.116. The van der Waals surface area contributed by atoms with Crippen LogP contribution in [-0.4, -0.2) is 12.2 Å². The molecular weight excluding hydrogens is 281 g/mol. The summed E-state index contributed by atoms with van der Waals surface area (Å²) in [6.07, 6.45) is 0. The maximum atomic E-state index is 8.97. The first-order chi connectivity index (χ1) is 6.22. The lowest BCUT2D eigenvalue weighted by Crippen LogP contribution is -1.94. The number of halogens is 1. The molecule has 68 valence electrons. The molecule has 0 saturated heterocycles. The smallest absolute Gasteiger partial charge is 0.125 e. The third kappa shape index (κ3) is 2.11. The molecule has 1 aromatic carbocycles. The van der Waals surface area contributed by atoms with E-state index < -0.39 is 0 Å². The van der Waals surface area contributed by atoms with Gasteiger partial charge in [-0.25, -0.2) is 0 Å². The fourth-order valence-corrected chi connectivity index (χ4v) is 1.56. The molecule has 0 fully saturated rings. The van der Waals surface area contributed by atoms with E-state index in [1.54, 1.807) is 12.1 Å². The van der Waals surface area contributed by atoms with E-state index in [2.05, 4.69) is 22.6 Å². The molecule has 3 nitrogen and oxygen atoms in total. The molecule has 0 aliphatic heterocycles. The van der Waals surface area contributed by atoms with Crippen molar-refractivity contribution < 1.29 is 9.84 Å². The molecule has 13 heavy (non-hydrogen) atoms. The van der Waals surface area contributed by atoms with Crippen LogP contribution in [0, 0.1) is 14.9 Å². The lowest BCUT2D eigenvalue weighted by molar-refractivity contribution is 0.273. The number of benzene rings is 1. The van der Waals surface area contributed by atoms with Crippen LogP contribution >= 0.6 is 22.6 Å². The monoisotopic (exact) mass is 289 g/mol. The van der Waals surface area contributed by atoms with Crippen LogP contribution in [0.3, 0.4) is 0 Å². The van der Waals surface area contributed by atoms with E-state index in [4.69, 9.17) is 15.1 Å². The molecule has 0 spiro atoms. The predicted octanol–water partition coefficient (Wildman–Crippen LogP) is 1.66. The first-order valence-electron chi connectivity index (χ1n) is 3.60. The fraction of sp³-hybridized carbons (Fsp3) is 0.222. The topological polar surface area (TPSA) is 53.2 Å². The van der Waals surface area contributed by atoms with E-state index in [9.17, 15) is 0 Å². The second kappa shape index (κ2) is 4.44. The number of nitrogens with zero attached hydrogens (tertiary/aromatic N) is 1. The zero-order chi connectivity index (χ0) is 9.84. The summed E-state index contributed by atoms with van der Waals surface area (Å²) in [7, 11) is 1.54. The van der Waals surface area contributed by atoms with E-state index in [-0.39, 0.29) is 6.61 Å². The number of methoxy groups -OCH3 is 1. The quantitative estimate of drug-likeness (QED) is 0.842. The van der Waals surface area contributed by atoms with Gasteiger partial charge in [0.1, 0.15) is 11.8 Å². The Morgan fingerprint density at radius 1 is 1.62 bits per heavy atom. The number of aliphatic hydroxyl groups is 1. The number of aliphatic hydroxyl groups excluding tert-OH is 1. The van der Waals surface area contributed by atoms with E-state index in [1.165, 1.54) is 7.11 Å². The molecule has 0 heterocycles. The van der Waals surface area contributed by atoms with Crippen LogP contribution < -0.4 is 4.74 Å². The summed E-state index contributed by atoms with van der Waals surface area (Å²) in [5, 5.41) is 17.7. The van der Waals surface area contributed by atoms with Gasteiger partial charge in [0.25, 0.3) is 0 Å². The second-order valence-corrected chi connectivity index (χ2v) is 3.58. The molecular formula is C9H8INO2. The number of ether oxygens (including phenoxy) is 1. The van der Waals surface area contributed by atoms with Gasteiger partial charge in [-0.05, 0) is 34.7 Å².